The van der Waals surface area contributed by atoms with Gasteiger partial charge in [0.25, 0.3) is 0 Å². The minimum atomic E-state index is -0.324. The van der Waals surface area contributed by atoms with Gasteiger partial charge < -0.3 is 24.4 Å². The average molecular weight is 495 g/mol. The van der Waals surface area contributed by atoms with E-state index in [4.69, 9.17) is 4.74 Å². The molecule has 9 heteroatoms. The Kier molecular flexibility index (Phi) is 8.30. The molecule has 1 atom stereocenters. The maximum atomic E-state index is 12.8. The number of morpholine rings is 1. The fourth-order valence-electron chi connectivity index (χ4n) is 4.11. The van der Waals surface area contributed by atoms with E-state index in [1.54, 1.807) is 0 Å². The van der Waals surface area contributed by atoms with Gasteiger partial charge in [-0.25, -0.2) is 0 Å². The second-order valence-electron chi connectivity index (χ2n) is 8.48. The number of benzene rings is 2. The van der Waals surface area contributed by atoms with E-state index in [1.165, 1.54) is 17.4 Å². The van der Waals surface area contributed by atoms with Gasteiger partial charge in [-0.1, -0.05) is 11.8 Å². The van der Waals surface area contributed by atoms with Crippen LogP contribution in [0.25, 0.3) is 11.4 Å². The van der Waals surface area contributed by atoms with Gasteiger partial charge >= 0.3 is 0 Å². The molecule has 1 fully saturated rings. The quantitative estimate of drug-likeness (QED) is 0.445. The molecule has 1 aliphatic heterocycles. The number of hydrogen-bond acceptors (Lipinski definition) is 7. The Morgan fingerprint density at radius 1 is 1.06 bits per heavy atom. The predicted molar refractivity (Wildman–Crippen MR) is 143 cm³/mol. The molecule has 1 aromatic heterocycles. The molecule has 0 spiro atoms. The van der Waals surface area contributed by atoms with Crippen LogP contribution in [-0.2, 0) is 16.6 Å². The van der Waals surface area contributed by atoms with Crippen LogP contribution in [0.3, 0.4) is 0 Å². The van der Waals surface area contributed by atoms with Crippen LogP contribution in [0.1, 0.15) is 20.8 Å². The van der Waals surface area contributed by atoms with Crippen molar-refractivity contribution in [2.24, 2.45) is 7.05 Å². The number of hydrogen-bond donors (Lipinski definition) is 1. The molecule has 1 aliphatic rings. The van der Waals surface area contributed by atoms with Crippen LogP contribution in [0.4, 0.5) is 17.1 Å². The molecule has 186 valence electrons. The number of amides is 1. The number of thioether (sulfide) groups is 1. The third-order valence-electron chi connectivity index (χ3n) is 6.25. The number of aromatic nitrogens is 3. The highest BCUT2D eigenvalue weighted by Gasteiger charge is 2.20. The molecule has 0 saturated carbocycles. The Hall–Kier alpha value is -3.04. The van der Waals surface area contributed by atoms with Gasteiger partial charge in [0.1, 0.15) is 0 Å². The monoisotopic (exact) mass is 494 g/mol. The van der Waals surface area contributed by atoms with Crippen molar-refractivity contribution in [1.82, 2.24) is 14.8 Å². The topological polar surface area (TPSA) is 75.5 Å². The van der Waals surface area contributed by atoms with E-state index in [0.717, 1.165) is 62.2 Å². The zero-order valence-corrected chi connectivity index (χ0v) is 21.7. The van der Waals surface area contributed by atoms with E-state index in [9.17, 15) is 4.79 Å². The fourth-order valence-corrected chi connectivity index (χ4v) is 4.93. The third-order valence-corrected chi connectivity index (χ3v) is 7.39. The normalized spacial score (nSPS) is 14.6. The summed E-state index contributed by atoms with van der Waals surface area (Å²) in [5.74, 6) is 0.715. The maximum Gasteiger partial charge on any atom is 0.237 e. The Morgan fingerprint density at radius 3 is 2.34 bits per heavy atom. The molecule has 0 bridgehead atoms. The fraction of sp³-hybridized carbons (Fsp3) is 0.423. The first-order chi connectivity index (χ1) is 17.0. The highest BCUT2D eigenvalue weighted by Crippen LogP contribution is 2.28. The largest absolute Gasteiger partial charge is 0.378 e. The van der Waals surface area contributed by atoms with Crippen LogP contribution in [0, 0.1) is 0 Å². The molecule has 3 aromatic rings. The van der Waals surface area contributed by atoms with Crippen molar-refractivity contribution < 1.29 is 9.53 Å². The van der Waals surface area contributed by atoms with Gasteiger partial charge in [-0.2, -0.15) is 0 Å². The zero-order valence-electron chi connectivity index (χ0n) is 20.9. The first-order valence-corrected chi connectivity index (χ1v) is 13.0. The lowest BCUT2D eigenvalue weighted by Gasteiger charge is -2.28. The summed E-state index contributed by atoms with van der Waals surface area (Å²) in [5.41, 5.74) is 4.12. The van der Waals surface area contributed by atoms with Gasteiger partial charge in [-0.15, -0.1) is 10.2 Å². The molecule has 1 amide bonds. The van der Waals surface area contributed by atoms with Crippen molar-refractivity contribution in [3.8, 4) is 11.4 Å². The summed E-state index contributed by atoms with van der Waals surface area (Å²) >= 11 is 1.40. The van der Waals surface area contributed by atoms with Crippen molar-refractivity contribution in [2.45, 2.75) is 31.2 Å². The number of ether oxygens (including phenoxy) is 1. The first kappa shape index (κ1) is 25.1. The van der Waals surface area contributed by atoms with Gasteiger partial charge in [-0.3, -0.25) is 4.79 Å². The molecule has 1 unspecified atom stereocenters. The Bertz CT molecular complexity index is 1110. The van der Waals surface area contributed by atoms with Crippen molar-refractivity contribution in [2.75, 3.05) is 54.5 Å². The van der Waals surface area contributed by atoms with Crippen molar-refractivity contribution >= 4 is 34.7 Å². The minimum Gasteiger partial charge on any atom is -0.378 e. The van der Waals surface area contributed by atoms with Crippen LogP contribution in [-0.4, -0.2) is 65.3 Å². The van der Waals surface area contributed by atoms with Gasteiger partial charge in [0.05, 0.1) is 18.5 Å². The average Bonchev–Trinajstić information content (AvgIpc) is 3.25. The molecule has 0 aliphatic carbocycles. The molecule has 8 nitrogen and oxygen atoms in total. The van der Waals surface area contributed by atoms with E-state index in [2.05, 4.69) is 63.4 Å². The van der Waals surface area contributed by atoms with Crippen molar-refractivity contribution in [3.63, 3.8) is 0 Å². The Balaban J connectivity index is 1.36. The summed E-state index contributed by atoms with van der Waals surface area (Å²) in [6, 6.07) is 16.4. The van der Waals surface area contributed by atoms with Gasteiger partial charge in [0.2, 0.25) is 5.91 Å². The second-order valence-corrected chi connectivity index (χ2v) is 9.79. The summed E-state index contributed by atoms with van der Waals surface area (Å²) in [7, 11) is 1.94. The smallest absolute Gasteiger partial charge is 0.237 e. The molecule has 4 rings (SSSR count). The van der Waals surface area contributed by atoms with E-state index in [0.29, 0.717) is 5.16 Å². The van der Waals surface area contributed by atoms with Gasteiger partial charge in [-0.05, 0) is 69.3 Å². The Morgan fingerprint density at radius 2 is 1.71 bits per heavy atom. The number of nitrogens with one attached hydrogen (secondary N) is 1. The zero-order chi connectivity index (χ0) is 24.8. The molecule has 2 heterocycles. The SMILES string of the molecule is CCN(CC)c1ccc(-c2nnc(SC(C)C(=O)Nc3ccc(N4CCOCC4)cc3)n2C)cc1. The molecule has 1 saturated heterocycles. The van der Waals surface area contributed by atoms with Crippen LogP contribution >= 0.6 is 11.8 Å². The summed E-state index contributed by atoms with van der Waals surface area (Å²) < 4.78 is 7.36. The van der Waals surface area contributed by atoms with Crippen LogP contribution < -0.4 is 15.1 Å². The molecule has 1 N–H and O–H groups in total. The number of carbonyl (C=O) groups is 1. The van der Waals surface area contributed by atoms with E-state index in [-0.39, 0.29) is 11.2 Å². The van der Waals surface area contributed by atoms with E-state index < -0.39 is 0 Å². The predicted octanol–water partition coefficient (Wildman–Crippen LogP) is 4.28. The maximum absolute atomic E-state index is 12.8. The minimum absolute atomic E-state index is 0.0674. The molecule has 35 heavy (non-hydrogen) atoms. The van der Waals surface area contributed by atoms with Gasteiger partial charge in [0, 0.05) is 55.9 Å². The highest BCUT2D eigenvalue weighted by atomic mass is 32.2. The lowest BCUT2D eigenvalue weighted by atomic mass is 10.2. The highest BCUT2D eigenvalue weighted by molar-refractivity contribution is 8.00. The van der Waals surface area contributed by atoms with E-state index in [1.807, 2.05) is 42.8 Å². The molecule has 0 radical (unpaired) electrons. The summed E-state index contributed by atoms with van der Waals surface area (Å²) in [6.07, 6.45) is 0. The molecular formula is C26H34N6O2S. The van der Waals surface area contributed by atoms with Crippen molar-refractivity contribution in [1.29, 1.82) is 0 Å². The Labute approximate surface area is 211 Å². The van der Waals surface area contributed by atoms with Crippen LogP contribution in [0.5, 0.6) is 0 Å². The summed E-state index contributed by atoms with van der Waals surface area (Å²) in [5, 5.41) is 12.1. The molecular weight excluding hydrogens is 460 g/mol. The van der Waals surface area contributed by atoms with E-state index >= 15 is 0 Å². The third kappa shape index (κ3) is 5.97. The summed E-state index contributed by atoms with van der Waals surface area (Å²) in [4.78, 5) is 17.4. The molecule has 2 aromatic carbocycles. The number of rotatable bonds is 9. The van der Waals surface area contributed by atoms with Crippen molar-refractivity contribution in [3.05, 3.63) is 48.5 Å². The van der Waals surface area contributed by atoms with Crippen LogP contribution in [0.15, 0.2) is 53.7 Å². The van der Waals surface area contributed by atoms with Gasteiger partial charge in [0.15, 0.2) is 11.0 Å². The summed E-state index contributed by atoms with van der Waals surface area (Å²) in [6.45, 7) is 11.4. The number of carbonyl (C=O) groups excluding carboxylic acids is 1. The van der Waals surface area contributed by atoms with Crippen LogP contribution in [0.2, 0.25) is 0 Å². The number of nitrogens with zero attached hydrogens (tertiary/aromatic N) is 5. The standard InChI is InChI=1S/C26H34N6O2S/c1-5-31(6-2)22-11-7-20(8-12-22)24-28-29-26(30(24)4)35-19(3)25(33)27-21-9-13-23(14-10-21)32-15-17-34-18-16-32/h7-14,19H,5-6,15-18H2,1-4H3,(H,27,33). The lowest BCUT2D eigenvalue weighted by molar-refractivity contribution is -0.115. The second kappa shape index (κ2) is 11.6. The first-order valence-electron chi connectivity index (χ1n) is 12.1. The number of anilines is 3. The lowest BCUT2D eigenvalue weighted by Crippen LogP contribution is -2.36.